The molecule has 0 spiro atoms. The van der Waals surface area contributed by atoms with E-state index in [1.54, 1.807) is 12.4 Å². The second-order valence-corrected chi connectivity index (χ2v) is 23.8. The van der Waals surface area contributed by atoms with Crippen LogP contribution in [-0.2, 0) is 34.1 Å². The van der Waals surface area contributed by atoms with Crippen molar-refractivity contribution < 1.29 is 34.1 Å². The van der Waals surface area contributed by atoms with E-state index in [2.05, 4.69) is 257 Å². The van der Waals surface area contributed by atoms with E-state index in [0.29, 0.717) is 35.3 Å². The summed E-state index contributed by atoms with van der Waals surface area (Å²) in [7, 11) is 0. The van der Waals surface area contributed by atoms with Gasteiger partial charge in [-0.05, 0) is 192 Å². The van der Waals surface area contributed by atoms with E-state index in [9.17, 15) is 0 Å². The van der Waals surface area contributed by atoms with Crippen molar-refractivity contribution >= 4 is 55.6 Å². The van der Waals surface area contributed by atoms with Gasteiger partial charge in [-0.2, -0.15) is 0 Å². The number of benzene rings is 7. The molecule has 7 aromatic carbocycles. The quantitative estimate of drug-likeness (QED) is 0.0974. The molecule has 12 heteroatoms. The first-order valence-electron chi connectivity index (χ1n) is 30.1. The SMILES string of the molecule is CC(C)c1cccc(C(C)C)c1N1C=CN(c2c(C(C)C)cccc2C(C)C)[CH-]1.Cc1cc(C)c(N2C=CN(c3c(C)cc(C)cc3C)[CH-]2)c(C)c1.[Cu+2].[Cu+2].c1ccc(-c2nc3ccccc3[n-]2)nc1.c1ccc2c(-c3nc4ccccc4[n-]3)nccc2c1. The monoisotopic (exact) mass is 1260 g/mol. The van der Waals surface area contributed by atoms with Crippen molar-refractivity contribution in [1.82, 2.24) is 29.9 Å². The van der Waals surface area contributed by atoms with Crippen LogP contribution in [0.15, 0.2) is 195 Å². The molecule has 0 aliphatic carbocycles. The van der Waals surface area contributed by atoms with Crippen molar-refractivity contribution in [2.75, 3.05) is 19.6 Å². The van der Waals surface area contributed by atoms with E-state index in [0.717, 1.165) is 44.2 Å². The van der Waals surface area contributed by atoms with Crippen molar-refractivity contribution in [2.45, 2.75) is 121 Å². The van der Waals surface area contributed by atoms with Crippen LogP contribution in [0.2, 0.25) is 0 Å². The van der Waals surface area contributed by atoms with Crippen LogP contribution in [0.25, 0.3) is 55.9 Å². The van der Waals surface area contributed by atoms with Crippen molar-refractivity contribution in [1.29, 1.82) is 0 Å². The van der Waals surface area contributed by atoms with Gasteiger partial charge in [0, 0.05) is 40.5 Å². The Morgan fingerprint density at radius 3 is 1.18 bits per heavy atom. The normalized spacial score (nSPS) is 12.6. The van der Waals surface area contributed by atoms with Crippen molar-refractivity contribution in [3.05, 3.63) is 264 Å². The summed E-state index contributed by atoms with van der Waals surface area (Å²) in [5, 5.41) is 2.24. The first kappa shape index (κ1) is 65.7. The molecule has 10 nitrogen and oxygen atoms in total. The summed E-state index contributed by atoms with van der Waals surface area (Å²) in [5.74, 6) is 3.31. The number of aryl methyl sites for hydroxylation is 6. The van der Waals surface area contributed by atoms with Crippen molar-refractivity contribution in [3.8, 4) is 23.0 Å². The fourth-order valence-corrected chi connectivity index (χ4v) is 11.8. The average molecular weight is 1260 g/mol. The third kappa shape index (κ3) is 14.7. The first-order valence-corrected chi connectivity index (χ1v) is 30.1. The predicted octanol–water partition coefficient (Wildman–Crippen LogP) is 19.2. The minimum Gasteiger partial charge on any atom is -0.479 e. The molecular weight excluding hydrogens is 1180 g/mol. The van der Waals surface area contributed by atoms with Gasteiger partial charge in [0.25, 0.3) is 0 Å². The molecule has 11 aromatic rings. The molecule has 0 saturated carbocycles. The first-order chi connectivity index (χ1) is 41.4. The molecule has 2 radical (unpaired) electrons. The number of hydrogen-bond acceptors (Lipinski definition) is 8. The van der Waals surface area contributed by atoms with Crippen LogP contribution in [0, 0.1) is 54.9 Å². The number of aromatic nitrogens is 6. The number of rotatable bonds is 10. The smallest absolute Gasteiger partial charge is 0.479 e. The third-order valence-corrected chi connectivity index (χ3v) is 15.7. The summed E-state index contributed by atoms with van der Waals surface area (Å²) >= 11 is 0. The van der Waals surface area contributed by atoms with E-state index in [1.807, 2.05) is 84.9 Å². The Morgan fingerprint density at radius 1 is 0.375 bits per heavy atom. The second kappa shape index (κ2) is 29.2. The van der Waals surface area contributed by atoms with Gasteiger partial charge in [0.1, 0.15) is 0 Å². The summed E-state index contributed by atoms with van der Waals surface area (Å²) in [6.07, 6.45) is 12.3. The van der Waals surface area contributed by atoms with Crippen LogP contribution < -0.4 is 29.6 Å². The zero-order valence-corrected chi connectivity index (χ0v) is 54.9. The van der Waals surface area contributed by atoms with Gasteiger partial charge in [-0.25, -0.2) is 0 Å². The molecule has 2 aliphatic heterocycles. The van der Waals surface area contributed by atoms with E-state index in [-0.39, 0.29) is 34.1 Å². The Balaban J connectivity index is 0.000000154. The number of fused-ring (bicyclic) bond motifs is 3. The summed E-state index contributed by atoms with van der Waals surface area (Å²) < 4.78 is 0. The molecule has 0 atom stereocenters. The molecule has 6 heterocycles. The van der Waals surface area contributed by atoms with E-state index < -0.39 is 0 Å². The van der Waals surface area contributed by atoms with Gasteiger partial charge in [0.05, 0.1) is 11.4 Å². The van der Waals surface area contributed by atoms with Gasteiger partial charge in [-0.15, -0.1) is 13.3 Å². The molecule has 0 amide bonds. The minimum absolute atomic E-state index is 0. The van der Waals surface area contributed by atoms with Crippen molar-refractivity contribution in [2.24, 2.45) is 0 Å². The Morgan fingerprint density at radius 2 is 0.761 bits per heavy atom. The molecule has 0 N–H and O–H groups in total. The van der Waals surface area contributed by atoms with Gasteiger partial charge >= 0.3 is 34.1 Å². The van der Waals surface area contributed by atoms with Crippen LogP contribution in [0.1, 0.15) is 135 Å². The topological polar surface area (TPSA) is 92.7 Å². The van der Waals surface area contributed by atoms with Gasteiger partial charge in [-0.1, -0.05) is 206 Å². The fourth-order valence-electron chi connectivity index (χ4n) is 11.8. The average Bonchev–Trinajstić information content (AvgIpc) is 2.08. The molecule has 2 aliphatic rings. The van der Waals surface area contributed by atoms with Crippen LogP contribution in [0.4, 0.5) is 22.7 Å². The number of anilines is 4. The standard InChI is InChI=1S/C27H37N2.C21H25N2.C16H10N3.C12H8N3.2Cu/c1-18(2)22-11-9-12-23(19(3)4)26(22)28-15-16-29(17-28)27-24(20(5)6)13-10-14-25(27)21(7)8;1-14-9-16(3)20(17(4)10-14)22-7-8-23(13-22)21-18(5)11-15(2)12-19(21)6;1-2-6-12-11(5-1)9-10-17-15(12)16-18-13-7-3-4-8-14(13)19-16;1-2-6-10-9(5-1)14-12(15-10)11-7-3-4-8-13-11;;/h9-21H,1-8H3;7-13H,1-6H3;1-10H;1-8H;;/q4*-1;2*+2. The number of hydrogen-bond donors (Lipinski definition) is 0. The second-order valence-electron chi connectivity index (χ2n) is 23.8. The third-order valence-electron chi connectivity index (χ3n) is 15.7. The molecule has 0 bridgehead atoms. The van der Waals surface area contributed by atoms with Crippen molar-refractivity contribution in [3.63, 3.8) is 0 Å². The molecular formula is C76H80Cu2N10. The number of para-hydroxylation sites is 6. The number of pyridine rings is 2. The summed E-state index contributed by atoms with van der Waals surface area (Å²) in [5.41, 5.74) is 24.0. The Labute approximate surface area is 543 Å². The number of imidazole rings is 2. The maximum absolute atomic E-state index is 4.56. The van der Waals surface area contributed by atoms with Crippen LogP contribution >= 0.6 is 0 Å². The molecule has 88 heavy (non-hydrogen) atoms. The summed E-state index contributed by atoms with van der Waals surface area (Å²) in [4.78, 5) is 35.7. The Kier molecular flexibility index (Phi) is 21.8. The van der Waals surface area contributed by atoms with Crippen LogP contribution in [-0.4, -0.2) is 19.9 Å². The summed E-state index contributed by atoms with van der Waals surface area (Å²) in [6, 6.07) is 54.1. The maximum atomic E-state index is 4.56. The van der Waals surface area contributed by atoms with Gasteiger partial charge < -0.3 is 39.5 Å². The Bertz CT molecular complexity index is 3910. The van der Waals surface area contributed by atoms with Gasteiger partial charge in [-0.3, -0.25) is 9.97 Å². The van der Waals surface area contributed by atoms with Crippen LogP contribution in [0.3, 0.4) is 0 Å². The molecule has 4 aromatic heterocycles. The predicted molar refractivity (Wildman–Crippen MR) is 361 cm³/mol. The largest absolute Gasteiger partial charge is 2.00 e. The van der Waals surface area contributed by atoms with Gasteiger partial charge in [0.15, 0.2) is 0 Å². The van der Waals surface area contributed by atoms with E-state index in [1.165, 1.54) is 78.4 Å². The van der Waals surface area contributed by atoms with E-state index >= 15 is 0 Å². The van der Waals surface area contributed by atoms with E-state index in [4.69, 9.17) is 0 Å². The molecule has 13 rings (SSSR count). The van der Waals surface area contributed by atoms with Crippen LogP contribution in [0.5, 0.6) is 0 Å². The fraction of sp³-hybridized carbons (Fsp3) is 0.237. The summed E-state index contributed by atoms with van der Waals surface area (Å²) in [6.45, 7) is 35.7. The zero-order chi connectivity index (χ0) is 60.8. The maximum Gasteiger partial charge on any atom is 2.00 e. The minimum atomic E-state index is 0. The molecule has 0 saturated heterocycles. The van der Waals surface area contributed by atoms with Gasteiger partial charge in [0.2, 0.25) is 0 Å². The Hall–Kier alpha value is -8.24. The number of nitrogens with zero attached hydrogens (tertiary/aromatic N) is 10. The molecule has 456 valence electrons. The molecule has 0 unspecified atom stereocenters. The molecule has 0 fully saturated rings. The zero-order valence-electron chi connectivity index (χ0n) is 53.0.